The predicted molar refractivity (Wildman–Crippen MR) is 134 cm³/mol. The summed E-state index contributed by atoms with van der Waals surface area (Å²) in [5.74, 6) is 0.433. The number of sulfonamides is 1. The van der Waals surface area contributed by atoms with E-state index in [1.165, 1.54) is 11.6 Å². The molecule has 0 spiro atoms. The lowest BCUT2D eigenvalue weighted by Crippen LogP contribution is -2.29. The molecule has 0 unspecified atom stereocenters. The minimum absolute atomic E-state index is 0.129. The molecule has 1 aliphatic heterocycles. The number of hydrogen-bond acceptors (Lipinski definition) is 3. The second-order valence-electron chi connectivity index (χ2n) is 7.98. The van der Waals surface area contributed by atoms with Crippen LogP contribution in [0, 0.1) is 5.92 Å². The molecule has 0 saturated carbocycles. The quantitative estimate of drug-likeness (QED) is 0.334. The number of benzene rings is 3. The average molecular weight is 550 g/mol. The van der Waals surface area contributed by atoms with Crippen LogP contribution in [0.25, 0.3) is 0 Å². The van der Waals surface area contributed by atoms with Crippen LogP contribution in [0.3, 0.4) is 0 Å². The van der Waals surface area contributed by atoms with Gasteiger partial charge >= 0.3 is 0 Å². The van der Waals surface area contributed by atoms with Crippen LogP contribution in [0.15, 0.2) is 82.2 Å². The summed E-state index contributed by atoms with van der Waals surface area (Å²) < 4.78 is 29.9. The van der Waals surface area contributed by atoms with Crippen molar-refractivity contribution in [1.29, 1.82) is 0 Å². The zero-order valence-electron chi connectivity index (χ0n) is 16.7. The van der Waals surface area contributed by atoms with Gasteiger partial charge in [-0.3, -0.25) is 4.72 Å². The van der Waals surface area contributed by atoms with E-state index in [-0.39, 0.29) is 27.6 Å². The number of halogens is 3. The molecule has 3 atom stereocenters. The van der Waals surface area contributed by atoms with Crippen LogP contribution in [0.5, 0.6) is 0 Å². The summed E-state index contributed by atoms with van der Waals surface area (Å²) in [7, 11) is -3.84. The summed E-state index contributed by atoms with van der Waals surface area (Å²) in [5, 5.41) is 4.33. The predicted octanol–water partition coefficient (Wildman–Crippen LogP) is 7.38. The van der Waals surface area contributed by atoms with Crippen molar-refractivity contribution in [2.45, 2.75) is 23.3 Å². The van der Waals surface area contributed by atoms with Gasteiger partial charge in [-0.15, -0.1) is 0 Å². The lowest BCUT2D eigenvalue weighted by atomic mass is 9.77. The molecule has 0 amide bonds. The van der Waals surface area contributed by atoms with E-state index < -0.39 is 10.0 Å². The van der Waals surface area contributed by atoms with E-state index in [9.17, 15) is 8.42 Å². The summed E-state index contributed by atoms with van der Waals surface area (Å²) in [6.07, 6.45) is 5.30. The third kappa shape index (κ3) is 3.94. The highest BCUT2D eigenvalue weighted by molar-refractivity contribution is 9.10. The first kappa shape index (κ1) is 21.8. The third-order valence-electron chi connectivity index (χ3n) is 6.06. The lowest BCUT2D eigenvalue weighted by molar-refractivity contribution is 0.424. The number of fused-ring (bicyclic) bond motifs is 3. The van der Waals surface area contributed by atoms with Gasteiger partial charge in [0.15, 0.2) is 0 Å². The van der Waals surface area contributed by atoms with Gasteiger partial charge in [0.2, 0.25) is 0 Å². The van der Waals surface area contributed by atoms with E-state index in [4.69, 9.17) is 23.2 Å². The molecule has 3 aromatic rings. The van der Waals surface area contributed by atoms with Crippen molar-refractivity contribution in [1.82, 2.24) is 0 Å². The second-order valence-corrected chi connectivity index (χ2v) is 11.4. The molecule has 32 heavy (non-hydrogen) atoms. The van der Waals surface area contributed by atoms with Crippen LogP contribution in [0.4, 0.5) is 11.4 Å². The van der Waals surface area contributed by atoms with Gasteiger partial charge in [-0.2, -0.15) is 0 Å². The van der Waals surface area contributed by atoms with E-state index in [0.29, 0.717) is 10.9 Å². The SMILES string of the molecule is O=S(=O)(Nc1cc(Cl)ccc1Cl)c1ccc2c(c1)[C@H]1C=CC[C@H]1[C@@H](c1ccccc1Br)N2. The maximum Gasteiger partial charge on any atom is 0.261 e. The first-order valence-electron chi connectivity index (χ1n) is 10.1. The van der Waals surface area contributed by atoms with Crippen molar-refractivity contribution in [3.63, 3.8) is 0 Å². The summed E-state index contributed by atoms with van der Waals surface area (Å²) in [5.41, 5.74) is 3.37. The summed E-state index contributed by atoms with van der Waals surface area (Å²) in [6.45, 7) is 0. The molecule has 0 bridgehead atoms. The molecule has 0 saturated heterocycles. The fourth-order valence-electron chi connectivity index (χ4n) is 4.55. The third-order valence-corrected chi connectivity index (χ3v) is 8.71. The Morgan fingerprint density at radius 1 is 1.00 bits per heavy atom. The maximum absolute atomic E-state index is 13.1. The van der Waals surface area contributed by atoms with Crippen LogP contribution < -0.4 is 10.0 Å². The first-order chi connectivity index (χ1) is 15.3. The zero-order chi connectivity index (χ0) is 22.5. The molecule has 1 aliphatic carbocycles. The van der Waals surface area contributed by atoms with Crippen LogP contribution in [-0.2, 0) is 10.0 Å². The summed E-state index contributed by atoms with van der Waals surface area (Å²) >= 11 is 15.8. The van der Waals surface area contributed by atoms with Crippen LogP contribution in [0.1, 0.15) is 29.5 Å². The monoisotopic (exact) mass is 548 g/mol. The van der Waals surface area contributed by atoms with Gasteiger partial charge in [0.25, 0.3) is 10.0 Å². The molecule has 2 N–H and O–H groups in total. The van der Waals surface area contributed by atoms with Crippen LogP contribution >= 0.6 is 39.1 Å². The molecular formula is C24H19BrCl2N2O2S. The smallest absolute Gasteiger partial charge is 0.261 e. The molecular weight excluding hydrogens is 531 g/mol. The van der Waals surface area contributed by atoms with Gasteiger partial charge < -0.3 is 5.32 Å². The van der Waals surface area contributed by atoms with Crippen molar-refractivity contribution >= 4 is 60.5 Å². The molecule has 8 heteroatoms. The van der Waals surface area contributed by atoms with E-state index in [0.717, 1.165) is 22.1 Å². The molecule has 164 valence electrons. The van der Waals surface area contributed by atoms with E-state index in [1.54, 1.807) is 24.3 Å². The van der Waals surface area contributed by atoms with Gasteiger partial charge in [0.05, 0.1) is 21.6 Å². The van der Waals surface area contributed by atoms with Crippen LogP contribution in [0.2, 0.25) is 10.0 Å². The van der Waals surface area contributed by atoms with E-state index >= 15 is 0 Å². The molecule has 5 rings (SSSR count). The van der Waals surface area contributed by atoms with Gasteiger partial charge in [-0.1, -0.05) is 69.5 Å². The Bertz CT molecular complexity index is 1340. The summed E-state index contributed by atoms with van der Waals surface area (Å²) in [4.78, 5) is 0.187. The minimum atomic E-state index is -3.84. The molecule has 0 radical (unpaired) electrons. The zero-order valence-corrected chi connectivity index (χ0v) is 20.6. The normalized spacial score (nSPS) is 21.5. The molecule has 0 aromatic heterocycles. The highest BCUT2D eigenvalue weighted by Crippen LogP contribution is 2.51. The molecule has 4 nitrogen and oxygen atoms in total. The first-order valence-corrected chi connectivity index (χ1v) is 13.2. The van der Waals surface area contributed by atoms with Crippen molar-refractivity contribution in [2.24, 2.45) is 5.92 Å². The van der Waals surface area contributed by atoms with Gasteiger partial charge in [-0.05, 0) is 65.9 Å². The molecule has 2 aliphatic rings. The number of hydrogen-bond donors (Lipinski definition) is 2. The largest absolute Gasteiger partial charge is 0.378 e. The highest BCUT2D eigenvalue weighted by atomic mass is 79.9. The standard InChI is InChI=1S/C24H19BrCl2N2O2S/c25-20-7-2-1-4-18(20)24-17-6-3-5-16(17)19-13-15(9-11-22(19)28-24)32(30,31)29-23-12-14(26)8-10-21(23)27/h1-5,7-13,16-17,24,28-29H,6H2/t16-,17+,24-/m0/s1. The van der Waals surface area contributed by atoms with Crippen molar-refractivity contribution in [3.05, 3.63) is 98.5 Å². The topological polar surface area (TPSA) is 58.2 Å². The number of allylic oxidation sites excluding steroid dienone is 2. The van der Waals surface area contributed by atoms with Crippen molar-refractivity contribution in [2.75, 3.05) is 10.0 Å². The Balaban J connectivity index is 1.51. The number of rotatable bonds is 4. The Morgan fingerprint density at radius 3 is 2.62 bits per heavy atom. The van der Waals surface area contributed by atoms with Crippen molar-refractivity contribution in [3.8, 4) is 0 Å². The summed E-state index contributed by atoms with van der Waals surface area (Å²) in [6, 6.07) is 18.2. The number of nitrogens with one attached hydrogen (secondary N) is 2. The van der Waals surface area contributed by atoms with Crippen molar-refractivity contribution < 1.29 is 8.42 Å². The minimum Gasteiger partial charge on any atom is -0.378 e. The fourth-order valence-corrected chi connectivity index (χ4v) is 6.58. The Kier molecular flexibility index (Phi) is 5.74. The van der Waals surface area contributed by atoms with Gasteiger partial charge in [-0.25, -0.2) is 8.42 Å². The lowest BCUT2D eigenvalue weighted by Gasteiger charge is -2.38. The highest BCUT2D eigenvalue weighted by Gasteiger charge is 2.39. The Hall–Kier alpha value is -1.99. The fraction of sp³-hybridized carbons (Fsp3) is 0.167. The van der Waals surface area contributed by atoms with Gasteiger partial charge in [0.1, 0.15) is 0 Å². The van der Waals surface area contributed by atoms with Gasteiger partial charge in [0, 0.05) is 21.1 Å². The Morgan fingerprint density at radius 2 is 1.81 bits per heavy atom. The van der Waals surface area contributed by atoms with Crippen LogP contribution in [-0.4, -0.2) is 8.42 Å². The maximum atomic E-state index is 13.1. The molecule has 1 heterocycles. The molecule has 3 aromatic carbocycles. The van der Waals surface area contributed by atoms with E-state index in [2.05, 4.69) is 44.2 Å². The average Bonchev–Trinajstić information content (AvgIpc) is 3.26. The van der Waals surface area contributed by atoms with E-state index in [1.807, 2.05) is 24.3 Å². The second kappa shape index (κ2) is 8.41. The number of anilines is 2. The molecule has 0 fully saturated rings. The Labute approximate surface area is 205 Å².